The van der Waals surface area contributed by atoms with E-state index in [1.54, 1.807) is 0 Å². The average Bonchev–Trinajstić information content (AvgIpc) is 2.56. The van der Waals surface area contributed by atoms with Gasteiger partial charge < -0.3 is 5.73 Å². The predicted octanol–water partition coefficient (Wildman–Crippen LogP) is 3.34. The molecule has 2 rings (SSSR count). The Labute approximate surface area is 94.3 Å². The monoisotopic (exact) mass is 229 g/mol. The Bertz CT molecular complexity index is 332. The molecule has 0 radical (unpaired) electrons. The first kappa shape index (κ1) is 10.5. The highest BCUT2D eigenvalue weighted by atomic mass is 35.5. The van der Waals surface area contributed by atoms with Crippen molar-refractivity contribution >= 4 is 22.9 Å². The molecule has 0 saturated heterocycles. The van der Waals surface area contributed by atoms with Crippen molar-refractivity contribution < 1.29 is 0 Å². The topological polar surface area (TPSA) is 26.0 Å². The van der Waals surface area contributed by atoms with Crippen LogP contribution in [-0.2, 0) is 12.8 Å². The Morgan fingerprint density at radius 3 is 2.79 bits per heavy atom. The molecule has 0 amide bonds. The molecule has 2 N–H and O–H groups in total. The molecule has 1 aromatic rings. The maximum Gasteiger partial charge on any atom is 0.0583 e. The van der Waals surface area contributed by atoms with E-state index in [4.69, 9.17) is 17.3 Å². The fourth-order valence-electron chi connectivity index (χ4n) is 1.97. The smallest absolute Gasteiger partial charge is 0.0583 e. The molecule has 0 saturated carbocycles. The Kier molecular flexibility index (Phi) is 3.15. The lowest BCUT2D eigenvalue weighted by Crippen LogP contribution is -2.07. The van der Waals surface area contributed by atoms with E-state index < -0.39 is 0 Å². The van der Waals surface area contributed by atoms with Gasteiger partial charge in [0.25, 0.3) is 0 Å². The number of halogens is 1. The molecular weight excluding hydrogens is 214 g/mol. The van der Waals surface area contributed by atoms with Gasteiger partial charge in [-0.1, -0.05) is 18.5 Å². The van der Waals surface area contributed by atoms with Gasteiger partial charge in [0.1, 0.15) is 0 Å². The van der Waals surface area contributed by atoms with Crippen molar-refractivity contribution in [2.45, 2.75) is 38.5 Å². The fraction of sp³-hybridized carbons (Fsp3) is 0.636. The Morgan fingerprint density at radius 2 is 2.14 bits per heavy atom. The number of rotatable bonds is 2. The van der Waals surface area contributed by atoms with Gasteiger partial charge in [-0.3, -0.25) is 0 Å². The number of hydrogen-bond donors (Lipinski definition) is 1. The summed E-state index contributed by atoms with van der Waals surface area (Å²) in [6, 6.07) is 0. The first-order valence-corrected chi connectivity index (χ1v) is 6.43. The third-order valence-corrected chi connectivity index (χ3v) is 5.00. The molecule has 3 heteroatoms. The summed E-state index contributed by atoms with van der Waals surface area (Å²) < 4.78 is 0. The molecule has 0 fully saturated rings. The molecular formula is C11H16ClNS. The number of thiophene rings is 1. The summed E-state index contributed by atoms with van der Waals surface area (Å²) in [6.45, 7) is 2.85. The highest BCUT2D eigenvalue weighted by Gasteiger charge is 2.21. The van der Waals surface area contributed by atoms with Crippen molar-refractivity contribution in [3.05, 3.63) is 20.3 Å². The molecule has 78 valence electrons. The third kappa shape index (κ3) is 1.71. The van der Waals surface area contributed by atoms with E-state index >= 15 is 0 Å². The average molecular weight is 230 g/mol. The van der Waals surface area contributed by atoms with E-state index in [2.05, 4.69) is 6.92 Å². The molecule has 1 nitrogen and oxygen atoms in total. The zero-order chi connectivity index (χ0) is 10.1. The Balaban J connectivity index is 2.38. The van der Waals surface area contributed by atoms with Gasteiger partial charge in [-0.25, -0.2) is 0 Å². The van der Waals surface area contributed by atoms with Gasteiger partial charge in [0.05, 0.1) is 5.02 Å². The predicted molar refractivity (Wildman–Crippen MR) is 63.4 cm³/mol. The molecule has 1 aliphatic carbocycles. The highest BCUT2D eigenvalue weighted by Crippen LogP contribution is 2.40. The number of hydrogen-bond acceptors (Lipinski definition) is 2. The molecule has 1 aromatic heterocycles. The van der Waals surface area contributed by atoms with E-state index in [1.165, 1.54) is 41.0 Å². The molecule has 0 aromatic carbocycles. The lowest BCUT2D eigenvalue weighted by Gasteiger charge is -2.10. The van der Waals surface area contributed by atoms with Crippen LogP contribution >= 0.6 is 22.9 Å². The van der Waals surface area contributed by atoms with Crippen LogP contribution in [0.1, 0.15) is 41.0 Å². The summed E-state index contributed by atoms with van der Waals surface area (Å²) in [4.78, 5) is 2.82. The number of fused-ring (bicyclic) bond motifs is 1. The standard InChI is InChI=1S/C11H16ClNS/c1-7(6-13)11-10(12)8-4-2-3-5-9(8)14-11/h7H,2-6,13H2,1H3. The first-order chi connectivity index (χ1) is 6.74. The minimum atomic E-state index is 0.415. The van der Waals surface area contributed by atoms with Gasteiger partial charge in [0.2, 0.25) is 0 Å². The molecule has 0 bridgehead atoms. The molecule has 1 atom stereocenters. The lowest BCUT2D eigenvalue weighted by atomic mass is 9.98. The molecule has 1 unspecified atom stereocenters. The number of aryl methyl sites for hydroxylation is 1. The second-order valence-electron chi connectivity index (χ2n) is 4.03. The van der Waals surface area contributed by atoms with Gasteiger partial charge in [-0.05, 0) is 37.8 Å². The third-order valence-electron chi connectivity index (χ3n) is 2.93. The summed E-state index contributed by atoms with van der Waals surface area (Å²) in [6.07, 6.45) is 5.00. The van der Waals surface area contributed by atoms with Crippen LogP contribution in [0.4, 0.5) is 0 Å². The van der Waals surface area contributed by atoms with Crippen molar-refractivity contribution in [1.29, 1.82) is 0 Å². The minimum Gasteiger partial charge on any atom is -0.330 e. The second-order valence-corrected chi connectivity index (χ2v) is 5.54. The van der Waals surface area contributed by atoms with Gasteiger partial charge in [0.15, 0.2) is 0 Å². The van der Waals surface area contributed by atoms with Gasteiger partial charge in [0, 0.05) is 15.7 Å². The molecule has 0 spiro atoms. The second kappa shape index (κ2) is 4.21. The van der Waals surface area contributed by atoms with Crippen molar-refractivity contribution in [3.63, 3.8) is 0 Å². The zero-order valence-electron chi connectivity index (χ0n) is 8.48. The van der Waals surface area contributed by atoms with Crippen LogP contribution in [0.2, 0.25) is 5.02 Å². The van der Waals surface area contributed by atoms with Crippen LogP contribution in [0, 0.1) is 0 Å². The summed E-state index contributed by atoms with van der Waals surface area (Å²) in [7, 11) is 0. The zero-order valence-corrected chi connectivity index (χ0v) is 10.0. The van der Waals surface area contributed by atoms with E-state index in [1.807, 2.05) is 11.3 Å². The van der Waals surface area contributed by atoms with Crippen LogP contribution in [0.5, 0.6) is 0 Å². The number of nitrogens with two attached hydrogens (primary N) is 1. The Hall–Kier alpha value is -0.0500. The fourth-order valence-corrected chi connectivity index (χ4v) is 3.89. The van der Waals surface area contributed by atoms with E-state index in [-0.39, 0.29) is 0 Å². The Morgan fingerprint density at radius 1 is 1.43 bits per heavy atom. The minimum absolute atomic E-state index is 0.415. The van der Waals surface area contributed by atoms with Crippen molar-refractivity contribution in [2.24, 2.45) is 5.73 Å². The molecule has 0 aliphatic heterocycles. The van der Waals surface area contributed by atoms with Crippen LogP contribution in [0.3, 0.4) is 0 Å². The van der Waals surface area contributed by atoms with Crippen LogP contribution in [-0.4, -0.2) is 6.54 Å². The van der Waals surface area contributed by atoms with Crippen molar-refractivity contribution in [2.75, 3.05) is 6.54 Å². The maximum atomic E-state index is 6.37. The summed E-state index contributed by atoms with van der Waals surface area (Å²) >= 11 is 8.25. The lowest BCUT2D eigenvalue weighted by molar-refractivity contribution is 0.696. The van der Waals surface area contributed by atoms with Crippen LogP contribution in [0.25, 0.3) is 0 Å². The van der Waals surface area contributed by atoms with Crippen molar-refractivity contribution in [1.82, 2.24) is 0 Å². The SMILES string of the molecule is CC(CN)c1sc2c(c1Cl)CCCC2. The first-order valence-electron chi connectivity index (χ1n) is 5.24. The largest absolute Gasteiger partial charge is 0.330 e. The highest BCUT2D eigenvalue weighted by molar-refractivity contribution is 7.13. The molecule has 1 aliphatic rings. The van der Waals surface area contributed by atoms with Gasteiger partial charge in [-0.15, -0.1) is 11.3 Å². The molecule has 14 heavy (non-hydrogen) atoms. The van der Waals surface area contributed by atoms with Gasteiger partial charge >= 0.3 is 0 Å². The quantitative estimate of drug-likeness (QED) is 0.827. The van der Waals surface area contributed by atoms with Gasteiger partial charge in [-0.2, -0.15) is 0 Å². The summed E-state index contributed by atoms with van der Waals surface area (Å²) in [5, 5.41) is 1.02. The van der Waals surface area contributed by atoms with E-state index in [9.17, 15) is 0 Å². The summed E-state index contributed by atoms with van der Waals surface area (Å²) in [5.74, 6) is 0.415. The maximum absolute atomic E-state index is 6.37. The van der Waals surface area contributed by atoms with E-state index in [0.29, 0.717) is 12.5 Å². The van der Waals surface area contributed by atoms with Crippen LogP contribution < -0.4 is 5.73 Å². The van der Waals surface area contributed by atoms with Crippen LogP contribution in [0.15, 0.2) is 0 Å². The van der Waals surface area contributed by atoms with E-state index in [0.717, 1.165) is 5.02 Å². The normalized spacial score (nSPS) is 17.9. The molecule has 1 heterocycles. The van der Waals surface area contributed by atoms with Crippen molar-refractivity contribution in [3.8, 4) is 0 Å². The summed E-state index contributed by atoms with van der Waals surface area (Å²) in [5.41, 5.74) is 7.09.